The van der Waals surface area contributed by atoms with E-state index in [9.17, 15) is 0 Å². The van der Waals surface area contributed by atoms with Crippen LogP contribution in [0.5, 0.6) is 0 Å². The predicted molar refractivity (Wildman–Crippen MR) is 75.5 cm³/mol. The molecule has 0 aliphatic carbocycles. The van der Waals surface area contributed by atoms with E-state index in [1.807, 2.05) is 0 Å². The van der Waals surface area contributed by atoms with Crippen LogP contribution in [0.25, 0.3) is 0 Å². The molecule has 102 valence electrons. The Morgan fingerprint density at radius 1 is 1.35 bits per heavy atom. The Morgan fingerprint density at radius 2 is 2.00 bits per heavy atom. The molecule has 2 unspecified atom stereocenters. The van der Waals surface area contributed by atoms with Crippen LogP contribution >= 0.6 is 0 Å². The van der Waals surface area contributed by atoms with Crippen molar-refractivity contribution in [1.29, 1.82) is 0 Å². The van der Waals surface area contributed by atoms with Crippen LogP contribution in [0.4, 0.5) is 0 Å². The van der Waals surface area contributed by atoms with Crippen molar-refractivity contribution in [2.45, 2.75) is 46.7 Å². The van der Waals surface area contributed by atoms with Crippen molar-refractivity contribution >= 4 is 0 Å². The molecule has 0 bridgehead atoms. The predicted octanol–water partition coefficient (Wildman–Crippen LogP) is 1.65. The summed E-state index contributed by atoms with van der Waals surface area (Å²) in [5.41, 5.74) is 0.336. The molecule has 17 heavy (non-hydrogen) atoms. The first-order valence-electron chi connectivity index (χ1n) is 7.04. The fraction of sp³-hybridized carbons (Fsp3) is 1.00. The minimum absolute atomic E-state index is 0.336. The molecule has 1 aliphatic heterocycles. The van der Waals surface area contributed by atoms with Gasteiger partial charge in [0.25, 0.3) is 0 Å². The Balaban J connectivity index is 2.48. The second kappa shape index (κ2) is 6.17. The molecule has 0 spiro atoms. The first kappa shape index (κ1) is 14.9. The lowest BCUT2D eigenvalue weighted by Gasteiger charge is -2.43. The van der Waals surface area contributed by atoms with Crippen LogP contribution in [0.1, 0.15) is 34.6 Å². The molecule has 3 heteroatoms. The third-order valence-electron chi connectivity index (χ3n) is 4.49. The second-order valence-corrected chi connectivity index (χ2v) is 6.21. The van der Waals surface area contributed by atoms with Gasteiger partial charge in [-0.15, -0.1) is 0 Å². The molecule has 2 atom stereocenters. The van der Waals surface area contributed by atoms with Crippen molar-refractivity contribution in [3.8, 4) is 0 Å². The average molecular weight is 241 g/mol. The summed E-state index contributed by atoms with van der Waals surface area (Å²) in [5.74, 6) is 0. The van der Waals surface area contributed by atoms with Gasteiger partial charge in [0.15, 0.2) is 0 Å². The standard InChI is InChI=1S/C14H31N3/c1-7-17-9-8-16(10-12(17)2)11-14(4,5)13(3)15-6/h12-13,15H,7-11H2,1-6H3. The van der Waals surface area contributed by atoms with E-state index in [-0.39, 0.29) is 0 Å². The molecule has 1 aliphatic rings. The molecular formula is C14H31N3. The van der Waals surface area contributed by atoms with Crippen LogP contribution in [-0.2, 0) is 0 Å². The summed E-state index contributed by atoms with van der Waals surface area (Å²) in [6, 6.07) is 1.26. The fourth-order valence-corrected chi connectivity index (χ4v) is 2.79. The van der Waals surface area contributed by atoms with Crippen LogP contribution < -0.4 is 5.32 Å². The van der Waals surface area contributed by atoms with Gasteiger partial charge in [-0.3, -0.25) is 9.80 Å². The van der Waals surface area contributed by atoms with Crippen LogP contribution in [0.3, 0.4) is 0 Å². The zero-order valence-electron chi connectivity index (χ0n) is 12.6. The molecule has 1 N–H and O–H groups in total. The molecule has 0 aromatic carbocycles. The van der Waals surface area contributed by atoms with Crippen LogP contribution in [0.15, 0.2) is 0 Å². The Kier molecular flexibility index (Phi) is 5.42. The van der Waals surface area contributed by atoms with Crippen molar-refractivity contribution in [1.82, 2.24) is 15.1 Å². The molecule has 1 saturated heterocycles. The van der Waals surface area contributed by atoms with E-state index in [1.165, 1.54) is 32.7 Å². The van der Waals surface area contributed by atoms with Crippen LogP contribution in [0.2, 0.25) is 0 Å². The summed E-state index contributed by atoms with van der Waals surface area (Å²) in [4.78, 5) is 5.20. The number of likely N-dealkylation sites (N-methyl/N-ethyl adjacent to an activating group) is 1. The SMILES string of the molecule is CCN1CCN(CC(C)(C)C(C)NC)CC1C. The first-order valence-corrected chi connectivity index (χ1v) is 7.04. The first-order chi connectivity index (χ1) is 7.90. The summed E-state index contributed by atoms with van der Waals surface area (Å²) in [6.45, 7) is 17.7. The minimum Gasteiger partial charge on any atom is -0.317 e. The van der Waals surface area contributed by atoms with E-state index in [2.05, 4.69) is 56.8 Å². The largest absolute Gasteiger partial charge is 0.317 e. The van der Waals surface area contributed by atoms with Gasteiger partial charge in [0.2, 0.25) is 0 Å². The van der Waals surface area contributed by atoms with Gasteiger partial charge in [0, 0.05) is 38.3 Å². The van der Waals surface area contributed by atoms with E-state index in [4.69, 9.17) is 0 Å². The molecule has 0 aromatic rings. The molecule has 0 saturated carbocycles. The topological polar surface area (TPSA) is 18.5 Å². The Labute approximate surface area is 108 Å². The van der Waals surface area contributed by atoms with Crippen LogP contribution in [-0.4, -0.2) is 61.7 Å². The van der Waals surface area contributed by atoms with Crippen molar-refractivity contribution < 1.29 is 0 Å². The van der Waals surface area contributed by atoms with Crippen molar-refractivity contribution in [2.24, 2.45) is 5.41 Å². The van der Waals surface area contributed by atoms with Gasteiger partial charge in [-0.05, 0) is 32.9 Å². The summed E-state index contributed by atoms with van der Waals surface area (Å²) >= 11 is 0. The summed E-state index contributed by atoms with van der Waals surface area (Å²) in [7, 11) is 2.06. The van der Waals surface area contributed by atoms with Gasteiger partial charge in [-0.2, -0.15) is 0 Å². The molecular weight excluding hydrogens is 210 g/mol. The molecule has 1 heterocycles. The lowest BCUT2D eigenvalue weighted by Crippen LogP contribution is -2.55. The van der Waals surface area contributed by atoms with Crippen molar-refractivity contribution in [3.05, 3.63) is 0 Å². The monoisotopic (exact) mass is 241 g/mol. The molecule has 3 nitrogen and oxygen atoms in total. The number of nitrogens with zero attached hydrogens (tertiary/aromatic N) is 2. The van der Waals surface area contributed by atoms with Gasteiger partial charge >= 0.3 is 0 Å². The third-order valence-corrected chi connectivity index (χ3v) is 4.49. The smallest absolute Gasteiger partial charge is 0.0195 e. The number of hydrogen-bond donors (Lipinski definition) is 1. The highest BCUT2D eigenvalue weighted by Gasteiger charge is 2.30. The second-order valence-electron chi connectivity index (χ2n) is 6.21. The third kappa shape index (κ3) is 3.94. The van der Waals surface area contributed by atoms with Crippen LogP contribution in [0, 0.1) is 5.41 Å². The quantitative estimate of drug-likeness (QED) is 0.789. The highest BCUT2D eigenvalue weighted by molar-refractivity contribution is 4.86. The molecule has 1 fully saturated rings. The molecule has 1 rings (SSSR count). The maximum absolute atomic E-state index is 3.39. The van der Waals surface area contributed by atoms with E-state index in [0.29, 0.717) is 17.5 Å². The zero-order chi connectivity index (χ0) is 13.1. The fourth-order valence-electron chi connectivity index (χ4n) is 2.79. The number of nitrogens with one attached hydrogen (secondary N) is 1. The Morgan fingerprint density at radius 3 is 2.47 bits per heavy atom. The van der Waals surface area contributed by atoms with Crippen molar-refractivity contribution in [3.63, 3.8) is 0 Å². The molecule has 0 radical (unpaired) electrons. The average Bonchev–Trinajstić information content (AvgIpc) is 2.27. The minimum atomic E-state index is 0.336. The maximum atomic E-state index is 3.39. The van der Waals surface area contributed by atoms with E-state index >= 15 is 0 Å². The summed E-state index contributed by atoms with van der Waals surface area (Å²) < 4.78 is 0. The van der Waals surface area contributed by atoms with Gasteiger partial charge < -0.3 is 5.32 Å². The number of piperazine rings is 1. The van der Waals surface area contributed by atoms with Gasteiger partial charge in [-0.25, -0.2) is 0 Å². The Hall–Kier alpha value is -0.120. The lowest BCUT2D eigenvalue weighted by atomic mass is 9.84. The number of rotatable bonds is 5. The van der Waals surface area contributed by atoms with E-state index in [1.54, 1.807) is 0 Å². The highest BCUT2D eigenvalue weighted by atomic mass is 15.3. The molecule has 0 aromatic heterocycles. The summed E-state index contributed by atoms with van der Waals surface area (Å²) in [5, 5.41) is 3.39. The van der Waals surface area contributed by atoms with E-state index < -0.39 is 0 Å². The number of hydrogen-bond acceptors (Lipinski definition) is 3. The molecule has 0 amide bonds. The zero-order valence-corrected chi connectivity index (χ0v) is 12.6. The normalized spacial score (nSPS) is 26.1. The van der Waals surface area contributed by atoms with Gasteiger partial charge in [0.05, 0.1) is 0 Å². The highest BCUT2D eigenvalue weighted by Crippen LogP contribution is 2.23. The van der Waals surface area contributed by atoms with Gasteiger partial charge in [0.1, 0.15) is 0 Å². The lowest BCUT2D eigenvalue weighted by molar-refractivity contribution is 0.0541. The maximum Gasteiger partial charge on any atom is 0.0195 e. The van der Waals surface area contributed by atoms with E-state index in [0.717, 1.165) is 0 Å². The Bertz CT molecular complexity index is 228. The summed E-state index contributed by atoms with van der Waals surface area (Å²) in [6.07, 6.45) is 0. The van der Waals surface area contributed by atoms with Gasteiger partial charge in [-0.1, -0.05) is 20.8 Å². The van der Waals surface area contributed by atoms with Crippen molar-refractivity contribution in [2.75, 3.05) is 39.8 Å².